The number of nitrogens with one attached hydrogen (secondary N) is 1. The van der Waals surface area contributed by atoms with Crippen LogP contribution in [0.5, 0.6) is 0 Å². The van der Waals surface area contributed by atoms with Crippen molar-refractivity contribution in [1.82, 2.24) is 10.2 Å². The Morgan fingerprint density at radius 3 is 2.81 bits per heavy atom. The van der Waals surface area contributed by atoms with E-state index in [0.29, 0.717) is 24.1 Å². The average Bonchev–Trinajstić information content (AvgIpc) is 3.28. The molecule has 0 aromatic heterocycles. The summed E-state index contributed by atoms with van der Waals surface area (Å²) in [5.41, 5.74) is 0.937. The van der Waals surface area contributed by atoms with Crippen LogP contribution in [0.25, 0.3) is 0 Å². The number of likely N-dealkylation sites (tertiary alicyclic amines) is 1. The number of carbonyl (C=O) groups excluding carboxylic acids is 1. The molecule has 0 aromatic rings. The third-order valence-electron chi connectivity index (χ3n) is 5.85. The Morgan fingerprint density at radius 2 is 2.11 bits per heavy atom. The third kappa shape index (κ3) is 3.59. The molecule has 7 heteroatoms. The minimum absolute atomic E-state index is 0.0713. The number of carbonyl (C=O) groups is 2. The minimum Gasteiger partial charge on any atom is -0.465 e. The van der Waals surface area contributed by atoms with Crippen molar-refractivity contribution in [2.24, 2.45) is 11.8 Å². The zero-order chi connectivity index (χ0) is 18.8. The van der Waals surface area contributed by atoms with Crippen LogP contribution < -0.4 is 5.32 Å². The zero-order valence-electron chi connectivity index (χ0n) is 15.1. The summed E-state index contributed by atoms with van der Waals surface area (Å²) in [7, 11) is 0. The van der Waals surface area contributed by atoms with Crippen molar-refractivity contribution in [3.63, 3.8) is 0 Å². The quantitative estimate of drug-likeness (QED) is 0.792. The van der Waals surface area contributed by atoms with E-state index < -0.39 is 12.0 Å². The molecule has 27 heavy (non-hydrogen) atoms. The second kappa shape index (κ2) is 7.50. The molecule has 2 fully saturated rings. The van der Waals surface area contributed by atoms with Gasteiger partial charge < -0.3 is 24.8 Å². The molecule has 144 valence electrons. The van der Waals surface area contributed by atoms with Crippen LogP contribution in [0.3, 0.4) is 0 Å². The molecule has 2 N–H and O–H groups in total. The molecule has 2 aliphatic carbocycles. The second-order valence-electron chi connectivity index (χ2n) is 7.41. The van der Waals surface area contributed by atoms with E-state index in [1.54, 1.807) is 0 Å². The lowest BCUT2D eigenvalue weighted by Gasteiger charge is -2.26. The summed E-state index contributed by atoms with van der Waals surface area (Å²) < 4.78 is 11.0. The van der Waals surface area contributed by atoms with E-state index in [2.05, 4.69) is 17.5 Å². The van der Waals surface area contributed by atoms with Crippen molar-refractivity contribution < 1.29 is 24.2 Å². The van der Waals surface area contributed by atoms with Crippen LogP contribution in [0.15, 0.2) is 47.8 Å². The Morgan fingerprint density at radius 1 is 1.22 bits per heavy atom. The smallest absolute Gasteiger partial charge is 0.407 e. The minimum atomic E-state index is -0.915. The predicted octanol–water partition coefficient (Wildman–Crippen LogP) is 2.89. The van der Waals surface area contributed by atoms with Crippen LogP contribution >= 0.6 is 0 Å². The van der Waals surface area contributed by atoms with Gasteiger partial charge in [0.25, 0.3) is 5.91 Å². The first-order valence-corrected chi connectivity index (χ1v) is 9.52. The van der Waals surface area contributed by atoms with Crippen LogP contribution in [0.2, 0.25) is 0 Å². The summed E-state index contributed by atoms with van der Waals surface area (Å²) in [5, 5.41) is 12.3. The van der Waals surface area contributed by atoms with Gasteiger partial charge in [-0.15, -0.1) is 0 Å². The number of ether oxygens (including phenoxy) is 2. The molecule has 0 aromatic carbocycles. The molecule has 0 spiro atoms. The fourth-order valence-corrected chi connectivity index (χ4v) is 4.51. The van der Waals surface area contributed by atoms with Crippen LogP contribution in [0.4, 0.5) is 4.79 Å². The molecule has 0 unspecified atom stereocenters. The molecule has 3 atom stereocenters. The Bertz CT molecular complexity index is 751. The number of carboxylic acid groups (broad SMARTS) is 1. The first-order chi connectivity index (χ1) is 13.1. The van der Waals surface area contributed by atoms with E-state index in [0.717, 1.165) is 37.7 Å². The van der Waals surface area contributed by atoms with Crippen LogP contribution in [-0.2, 0) is 14.3 Å². The summed E-state index contributed by atoms with van der Waals surface area (Å²) in [4.78, 5) is 25.4. The first-order valence-electron chi connectivity index (χ1n) is 9.52. The lowest BCUT2D eigenvalue weighted by molar-refractivity contribution is -0.120. The van der Waals surface area contributed by atoms with Gasteiger partial charge in [-0.3, -0.25) is 4.79 Å². The van der Waals surface area contributed by atoms with Gasteiger partial charge in [0.1, 0.15) is 12.5 Å². The van der Waals surface area contributed by atoms with Crippen LogP contribution in [0, 0.1) is 11.8 Å². The molecular weight excluding hydrogens is 348 g/mol. The highest BCUT2D eigenvalue weighted by Gasteiger charge is 2.46. The SMILES string of the molecule is O=C(NC[C@@H]1[C@H]2CCC[C@H]2CN1C(=O)O)C1=COC(C2=CCCC=C2)=CO1. The number of amides is 2. The summed E-state index contributed by atoms with van der Waals surface area (Å²) in [6.45, 7) is 0.856. The molecule has 2 aliphatic heterocycles. The fourth-order valence-electron chi connectivity index (χ4n) is 4.51. The standard InChI is InChI=1S/C20H24N2O5/c23-19(18-12-26-17(11-27-18)13-5-2-1-3-6-13)21-9-16-15-8-4-7-14(15)10-22(16)20(24)25/h2,5-6,11-12,14-16H,1,3-4,7-10H2,(H,21,23)(H,24,25)/t14-,15-,16+/m0/s1. The summed E-state index contributed by atoms with van der Waals surface area (Å²) in [5.74, 6) is 0.991. The Labute approximate surface area is 158 Å². The molecule has 1 saturated heterocycles. The second-order valence-corrected chi connectivity index (χ2v) is 7.41. The van der Waals surface area contributed by atoms with Crippen molar-refractivity contribution in [3.8, 4) is 0 Å². The lowest BCUT2D eigenvalue weighted by atomic mass is 9.94. The maximum atomic E-state index is 12.4. The Hall–Kier alpha value is -2.70. The fraction of sp³-hybridized carbons (Fsp3) is 0.500. The molecule has 2 amide bonds. The van der Waals surface area contributed by atoms with Crippen LogP contribution in [0.1, 0.15) is 32.1 Å². The van der Waals surface area contributed by atoms with E-state index in [1.807, 2.05) is 6.08 Å². The van der Waals surface area contributed by atoms with Crippen molar-refractivity contribution >= 4 is 12.0 Å². The van der Waals surface area contributed by atoms with E-state index >= 15 is 0 Å². The topological polar surface area (TPSA) is 88.1 Å². The Kier molecular flexibility index (Phi) is 4.92. The highest BCUT2D eigenvalue weighted by Crippen LogP contribution is 2.41. The van der Waals surface area contributed by atoms with Crippen molar-refractivity contribution in [2.45, 2.75) is 38.1 Å². The molecule has 4 aliphatic rings. The normalized spacial score (nSPS) is 29.1. The van der Waals surface area contributed by atoms with Gasteiger partial charge in [-0.05, 0) is 37.5 Å². The first kappa shape index (κ1) is 17.7. The third-order valence-corrected chi connectivity index (χ3v) is 5.85. The molecule has 2 heterocycles. The van der Waals surface area contributed by atoms with Crippen LogP contribution in [-0.4, -0.2) is 41.1 Å². The van der Waals surface area contributed by atoms with Gasteiger partial charge in [0, 0.05) is 18.7 Å². The van der Waals surface area contributed by atoms with E-state index in [-0.39, 0.29) is 18.3 Å². The number of hydrogen-bond donors (Lipinski definition) is 2. The monoisotopic (exact) mass is 372 g/mol. The zero-order valence-corrected chi connectivity index (χ0v) is 15.1. The van der Waals surface area contributed by atoms with Crippen molar-refractivity contribution in [1.29, 1.82) is 0 Å². The maximum Gasteiger partial charge on any atom is 0.407 e. The predicted molar refractivity (Wildman–Crippen MR) is 97.2 cm³/mol. The highest BCUT2D eigenvalue weighted by atomic mass is 16.5. The van der Waals surface area contributed by atoms with Gasteiger partial charge in [-0.1, -0.05) is 24.6 Å². The van der Waals surface area contributed by atoms with Gasteiger partial charge >= 0.3 is 6.09 Å². The molecule has 0 bridgehead atoms. The van der Waals surface area contributed by atoms with Crippen molar-refractivity contribution in [2.75, 3.05) is 13.1 Å². The van der Waals surface area contributed by atoms with Gasteiger partial charge in [0.2, 0.25) is 5.76 Å². The van der Waals surface area contributed by atoms with E-state index in [1.165, 1.54) is 17.4 Å². The largest absolute Gasteiger partial charge is 0.465 e. The summed E-state index contributed by atoms with van der Waals surface area (Å²) in [6.07, 6.45) is 13.1. The molecular formula is C20H24N2O5. The lowest BCUT2D eigenvalue weighted by Crippen LogP contribution is -2.45. The summed E-state index contributed by atoms with van der Waals surface area (Å²) >= 11 is 0. The maximum absolute atomic E-state index is 12.4. The van der Waals surface area contributed by atoms with Gasteiger partial charge in [0.15, 0.2) is 5.76 Å². The molecule has 7 nitrogen and oxygen atoms in total. The van der Waals surface area contributed by atoms with E-state index in [9.17, 15) is 14.7 Å². The number of hydrogen-bond acceptors (Lipinski definition) is 4. The number of allylic oxidation sites excluding steroid dienone is 3. The number of nitrogens with zero attached hydrogens (tertiary/aromatic N) is 1. The average molecular weight is 372 g/mol. The molecule has 4 rings (SSSR count). The van der Waals surface area contributed by atoms with Crippen molar-refractivity contribution in [3.05, 3.63) is 47.8 Å². The summed E-state index contributed by atoms with van der Waals surface area (Å²) in [6, 6.07) is -0.173. The van der Waals surface area contributed by atoms with E-state index in [4.69, 9.17) is 9.47 Å². The molecule has 0 radical (unpaired) electrons. The van der Waals surface area contributed by atoms with Gasteiger partial charge in [0.05, 0.1) is 6.04 Å². The highest BCUT2D eigenvalue weighted by molar-refractivity contribution is 5.91. The molecule has 1 saturated carbocycles. The Balaban J connectivity index is 1.33. The number of fused-ring (bicyclic) bond motifs is 1. The van der Waals surface area contributed by atoms with Gasteiger partial charge in [-0.2, -0.15) is 0 Å². The van der Waals surface area contributed by atoms with Gasteiger partial charge in [-0.25, -0.2) is 4.79 Å². The number of rotatable bonds is 4.